The number of hydrogen-bond acceptors (Lipinski definition) is 6. The van der Waals surface area contributed by atoms with Gasteiger partial charge < -0.3 is 21.1 Å². The second-order valence-corrected chi connectivity index (χ2v) is 5.39. The number of aromatic nitrogens is 2. The predicted molar refractivity (Wildman–Crippen MR) is 63.0 cm³/mol. The zero-order chi connectivity index (χ0) is 12.5. The molecule has 0 aromatic carbocycles. The van der Waals surface area contributed by atoms with E-state index >= 15 is 0 Å². The van der Waals surface area contributed by atoms with Gasteiger partial charge in [0.1, 0.15) is 5.82 Å². The summed E-state index contributed by atoms with van der Waals surface area (Å²) in [5.41, 5.74) is 5.13. The summed E-state index contributed by atoms with van der Waals surface area (Å²) in [4.78, 5) is 28.5. The molecule has 0 aliphatic carbocycles. The Balaban J connectivity index is 2.18. The number of aromatic amines is 1. The van der Waals surface area contributed by atoms with Crippen molar-refractivity contribution in [1.82, 2.24) is 15.3 Å². The first kappa shape index (κ1) is 11.9. The van der Waals surface area contributed by atoms with Crippen molar-refractivity contribution >= 4 is 23.5 Å². The molecule has 0 atom stereocenters. The van der Waals surface area contributed by atoms with Crippen molar-refractivity contribution in [3.8, 4) is 0 Å². The van der Waals surface area contributed by atoms with Gasteiger partial charge in [-0.1, -0.05) is 11.8 Å². The Labute approximate surface area is 101 Å². The fraction of sp³-hybridized carbons (Fsp3) is 0.444. The first-order valence-electron chi connectivity index (χ1n) is 4.97. The number of H-pyrrole nitrogens is 1. The Hall–Kier alpha value is -1.54. The predicted octanol–water partition coefficient (Wildman–Crippen LogP) is -0.739. The smallest absolute Gasteiger partial charge is 0.304 e. The molecule has 8 heteroatoms. The molecule has 1 aromatic rings. The zero-order valence-electron chi connectivity index (χ0n) is 8.90. The molecule has 2 heterocycles. The van der Waals surface area contributed by atoms with Crippen LogP contribution in [0.15, 0.2) is 16.0 Å². The quantitative estimate of drug-likeness (QED) is 0.523. The van der Waals surface area contributed by atoms with Crippen molar-refractivity contribution in [2.75, 3.05) is 18.8 Å². The van der Waals surface area contributed by atoms with Crippen molar-refractivity contribution in [2.24, 2.45) is 0 Å². The lowest BCUT2D eigenvalue weighted by Crippen LogP contribution is -2.58. The van der Waals surface area contributed by atoms with Crippen LogP contribution in [0, 0.1) is 0 Å². The van der Waals surface area contributed by atoms with Crippen LogP contribution in [0.4, 0.5) is 5.82 Å². The lowest BCUT2D eigenvalue weighted by molar-refractivity contribution is -0.138. The number of nitrogens with one attached hydrogen (secondary N) is 2. The van der Waals surface area contributed by atoms with Crippen LogP contribution < -0.4 is 16.6 Å². The highest BCUT2D eigenvalue weighted by molar-refractivity contribution is 8.00. The summed E-state index contributed by atoms with van der Waals surface area (Å²) in [5, 5.41) is 12.2. The van der Waals surface area contributed by atoms with E-state index in [9.17, 15) is 9.59 Å². The average Bonchev–Trinajstić information content (AvgIpc) is 2.11. The lowest BCUT2D eigenvalue weighted by atomic mass is 9.98. The van der Waals surface area contributed by atoms with E-state index in [1.807, 2.05) is 0 Å². The number of nitrogens with zero attached hydrogens (tertiary/aromatic N) is 1. The summed E-state index contributed by atoms with van der Waals surface area (Å²) in [5.74, 6) is -0.737. The average molecular weight is 256 g/mol. The van der Waals surface area contributed by atoms with Gasteiger partial charge in [0.15, 0.2) is 5.16 Å². The number of anilines is 1. The van der Waals surface area contributed by atoms with Gasteiger partial charge >= 0.3 is 5.97 Å². The van der Waals surface area contributed by atoms with Gasteiger partial charge in [-0.15, -0.1) is 0 Å². The third-order valence-electron chi connectivity index (χ3n) is 2.42. The first-order chi connectivity index (χ1) is 7.99. The second kappa shape index (κ2) is 4.38. The molecule has 1 fully saturated rings. The maximum atomic E-state index is 11.2. The minimum atomic E-state index is -0.870. The van der Waals surface area contributed by atoms with Gasteiger partial charge in [0.25, 0.3) is 5.56 Å². The van der Waals surface area contributed by atoms with Crippen LogP contribution >= 0.6 is 11.8 Å². The van der Waals surface area contributed by atoms with E-state index in [0.717, 1.165) is 0 Å². The van der Waals surface area contributed by atoms with Gasteiger partial charge in [0.05, 0.1) is 11.2 Å². The van der Waals surface area contributed by atoms with E-state index in [0.29, 0.717) is 18.2 Å². The zero-order valence-corrected chi connectivity index (χ0v) is 9.71. The second-order valence-electron chi connectivity index (χ2n) is 3.93. The highest BCUT2D eigenvalue weighted by Crippen LogP contribution is 2.36. The van der Waals surface area contributed by atoms with Gasteiger partial charge in [-0.05, 0) is 0 Å². The molecule has 5 N–H and O–H groups in total. The number of thioether (sulfide) groups is 1. The topological polar surface area (TPSA) is 121 Å². The molecule has 1 aliphatic heterocycles. The molecular weight excluding hydrogens is 244 g/mol. The number of hydrogen-bond donors (Lipinski definition) is 4. The molecule has 0 amide bonds. The molecule has 1 aromatic heterocycles. The van der Waals surface area contributed by atoms with Crippen molar-refractivity contribution in [2.45, 2.75) is 16.3 Å². The number of aliphatic carboxylic acids is 1. The normalized spacial score (nSPS) is 17.4. The Morgan fingerprint density at radius 2 is 2.35 bits per heavy atom. The number of carboxylic acids is 1. The summed E-state index contributed by atoms with van der Waals surface area (Å²) in [6.45, 7) is 1.14. The first-order valence-corrected chi connectivity index (χ1v) is 5.79. The Morgan fingerprint density at radius 3 is 2.82 bits per heavy atom. The largest absolute Gasteiger partial charge is 0.481 e. The monoisotopic (exact) mass is 256 g/mol. The standard InChI is InChI=1S/C9H12N4O3S/c10-5-1-6(14)13-8(12-5)17-9(2-7(15)16)3-11-4-9/h1,11H,2-4H2,(H,15,16)(H3,10,12,13,14). The van der Waals surface area contributed by atoms with Crippen LogP contribution in [0.5, 0.6) is 0 Å². The number of rotatable bonds is 4. The van der Waals surface area contributed by atoms with Crippen molar-refractivity contribution < 1.29 is 9.90 Å². The summed E-state index contributed by atoms with van der Waals surface area (Å²) < 4.78 is -0.449. The van der Waals surface area contributed by atoms with E-state index in [-0.39, 0.29) is 17.8 Å². The van der Waals surface area contributed by atoms with Crippen molar-refractivity contribution in [3.05, 3.63) is 16.4 Å². The number of carboxylic acid groups (broad SMARTS) is 1. The third kappa shape index (κ3) is 2.77. The van der Waals surface area contributed by atoms with E-state index in [2.05, 4.69) is 15.3 Å². The Kier molecular flexibility index (Phi) is 3.07. The molecule has 0 bridgehead atoms. The molecule has 1 aliphatic rings. The minimum Gasteiger partial charge on any atom is -0.481 e. The van der Waals surface area contributed by atoms with Crippen LogP contribution in [0.25, 0.3) is 0 Å². The molecule has 1 saturated heterocycles. The van der Waals surface area contributed by atoms with Crippen molar-refractivity contribution in [3.63, 3.8) is 0 Å². The number of carbonyl (C=O) groups is 1. The van der Waals surface area contributed by atoms with E-state index < -0.39 is 10.7 Å². The summed E-state index contributed by atoms with van der Waals surface area (Å²) in [6.07, 6.45) is 0.0170. The molecule has 0 spiro atoms. The van der Waals surface area contributed by atoms with E-state index in [1.54, 1.807) is 0 Å². The van der Waals surface area contributed by atoms with Crippen LogP contribution in [-0.4, -0.2) is 38.9 Å². The van der Waals surface area contributed by atoms with Crippen LogP contribution in [-0.2, 0) is 4.79 Å². The van der Waals surface area contributed by atoms with Crippen LogP contribution in [0.1, 0.15) is 6.42 Å². The van der Waals surface area contributed by atoms with Gasteiger partial charge in [-0.25, -0.2) is 4.98 Å². The highest BCUT2D eigenvalue weighted by Gasteiger charge is 2.41. The fourth-order valence-corrected chi connectivity index (χ4v) is 2.88. The molecule has 92 valence electrons. The molecule has 0 saturated carbocycles. The molecule has 0 unspecified atom stereocenters. The fourth-order valence-electron chi connectivity index (χ4n) is 1.62. The Morgan fingerprint density at radius 1 is 1.65 bits per heavy atom. The molecular formula is C9H12N4O3S. The van der Waals surface area contributed by atoms with Crippen LogP contribution in [0.2, 0.25) is 0 Å². The van der Waals surface area contributed by atoms with Gasteiger partial charge in [0, 0.05) is 19.2 Å². The maximum Gasteiger partial charge on any atom is 0.304 e. The maximum absolute atomic E-state index is 11.2. The third-order valence-corrected chi connectivity index (χ3v) is 3.67. The molecule has 2 rings (SSSR count). The van der Waals surface area contributed by atoms with Gasteiger partial charge in [-0.2, -0.15) is 0 Å². The summed E-state index contributed by atoms with van der Waals surface area (Å²) in [6, 6.07) is 1.19. The van der Waals surface area contributed by atoms with E-state index in [4.69, 9.17) is 10.8 Å². The minimum absolute atomic E-state index is 0.0170. The summed E-state index contributed by atoms with van der Waals surface area (Å²) in [7, 11) is 0. The van der Waals surface area contributed by atoms with Crippen molar-refractivity contribution in [1.29, 1.82) is 0 Å². The SMILES string of the molecule is Nc1cc(=O)[nH]c(SC2(CC(=O)O)CNC2)n1. The molecule has 7 nitrogen and oxygen atoms in total. The van der Waals surface area contributed by atoms with Crippen LogP contribution in [0.3, 0.4) is 0 Å². The summed E-state index contributed by atoms with van der Waals surface area (Å²) >= 11 is 1.24. The van der Waals surface area contributed by atoms with E-state index in [1.165, 1.54) is 17.8 Å². The highest BCUT2D eigenvalue weighted by atomic mass is 32.2. The lowest BCUT2D eigenvalue weighted by Gasteiger charge is -2.40. The molecule has 0 radical (unpaired) electrons. The number of nitrogens with two attached hydrogens (primary N) is 1. The Bertz CT molecular complexity index is 497. The number of nitrogen functional groups attached to an aromatic ring is 1. The molecule has 17 heavy (non-hydrogen) atoms. The van der Waals surface area contributed by atoms with Gasteiger partial charge in [-0.3, -0.25) is 9.59 Å². The van der Waals surface area contributed by atoms with Gasteiger partial charge in [0.2, 0.25) is 0 Å².